The molecule has 1 aromatic rings. The second kappa shape index (κ2) is 6.18. The Bertz CT molecular complexity index is 588. The van der Waals surface area contributed by atoms with Gasteiger partial charge in [0.05, 0.1) is 12.6 Å². The van der Waals surface area contributed by atoms with Crippen molar-refractivity contribution in [1.29, 1.82) is 0 Å². The van der Waals surface area contributed by atoms with Gasteiger partial charge in [-0.25, -0.2) is 0 Å². The molecule has 0 aliphatic carbocycles. The molecule has 2 rings (SSSR count). The van der Waals surface area contributed by atoms with Crippen LogP contribution in [0.2, 0.25) is 23.2 Å². The fourth-order valence-electron chi connectivity index (χ4n) is 2.03. The molecule has 0 saturated heterocycles. The Morgan fingerprint density at radius 3 is 2.36 bits per heavy atom. The van der Waals surface area contributed by atoms with Crippen LogP contribution in [0.4, 0.5) is 0 Å². The maximum absolute atomic E-state index is 12.1. The van der Waals surface area contributed by atoms with Crippen LogP contribution in [-0.4, -0.2) is 26.9 Å². The van der Waals surface area contributed by atoms with E-state index < -0.39 is 8.32 Å². The summed E-state index contributed by atoms with van der Waals surface area (Å²) in [5.74, 6) is -0.0499. The van der Waals surface area contributed by atoms with Gasteiger partial charge < -0.3 is 9.74 Å². The number of carbonyl (C=O) groups excluding carboxylic acids is 1. The number of carbonyl (C=O) groups is 1. The molecule has 1 N–H and O–H groups in total. The molecule has 0 bridgehead atoms. The first kappa shape index (κ1) is 17.3. The summed E-state index contributed by atoms with van der Waals surface area (Å²) in [6, 6.07) is 7.26. The van der Waals surface area contributed by atoms with Gasteiger partial charge in [-0.05, 0) is 41.9 Å². The molecule has 3 nitrogen and oxygen atoms in total. The van der Waals surface area contributed by atoms with Crippen molar-refractivity contribution < 1.29 is 9.22 Å². The average Bonchev–Trinajstić information content (AvgIpc) is 2.77. The summed E-state index contributed by atoms with van der Waals surface area (Å²) in [4.78, 5) is 12.1. The summed E-state index contributed by atoms with van der Waals surface area (Å²) in [7, 11) is -1.80. The molecule has 1 aromatic carbocycles. The maximum atomic E-state index is 12.1. The number of hydrogen-bond acceptors (Lipinski definition) is 2. The van der Waals surface area contributed by atoms with Crippen LogP contribution in [0.1, 0.15) is 26.3 Å². The quantitative estimate of drug-likeness (QED) is 0.834. The molecule has 1 aliphatic heterocycles. The van der Waals surface area contributed by atoms with E-state index in [4.69, 9.17) is 16.0 Å². The van der Waals surface area contributed by atoms with E-state index in [1.165, 1.54) is 0 Å². The van der Waals surface area contributed by atoms with Crippen molar-refractivity contribution in [3.8, 4) is 0 Å². The second-order valence-corrected chi connectivity index (χ2v) is 12.5. The van der Waals surface area contributed by atoms with Gasteiger partial charge in [0.2, 0.25) is 0 Å². The van der Waals surface area contributed by atoms with Gasteiger partial charge in [0.1, 0.15) is 0 Å². The number of amides is 1. The first-order chi connectivity index (χ1) is 10.1. The number of hydrogen-bond donors (Lipinski definition) is 1. The van der Waals surface area contributed by atoms with E-state index in [1.54, 1.807) is 12.1 Å². The average molecular weight is 338 g/mol. The van der Waals surface area contributed by atoms with Crippen molar-refractivity contribution in [3.63, 3.8) is 0 Å². The minimum atomic E-state index is -1.80. The van der Waals surface area contributed by atoms with Gasteiger partial charge in [-0.1, -0.05) is 44.5 Å². The normalized spacial score (nSPS) is 19.1. The van der Waals surface area contributed by atoms with E-state index in [-0.39, 0.29) is 17.0 Å². The summed E-state index contributed by atoms with van der Waals surface area (Å²) in [5.41, 5.74) is 1.58. The van der Waals surface area contributed by atoms with E-state index in [1.807, 2.05) is 18.2 Å². The van der Waals surface area contributed by atoms with Crippen LogP contribution in [0, 0.1) is 0 Å². The van der Waals surface area contributed by atoms with Crippen molar-refractivity contribution in [3.05, 3.63) is 40.9 Å². The smallest absolute Gasteiger partial charge is 0.252 e. The van der Waals surface area contributed by atoms with Crippen LogP contribution in [0.5, 0.6) is 0 Å². The Morgan fingerprint density at radius 1 is 1.23 bits per heavy atom. The Labute approximate surface area is 138 Å². The molecule has 5 heteroatoms. The summed E-state index contributed by atoms with van der Waals surface area (Å²) < 4.78 is 6.19. The third kappa shape index (κ3) is 3.80. The van der Waals surface area contributed by atoms with Crippen LogP contribution in [-0.2, 0) is 9.22 Å². The zero-order chi connectivity index (χ0) is 16.5. The highest BCUT2D eigenvalue weighted by atomic mass is 35.5. The van der Waals surface area contributed by atoms with E-state index in [2.05, 4.69) is 39.2 Å². The third-order valence-corrected chi connectivity index (χ3v) is 9.27. The van der Waals surface area contributed by atoms with Crippen molar-refractivity contribution >= 4 is 31.4 Å². The standard InChI is InChI=1S/C17H24ClNO2Si/c1-17(2,3)22(4,5)21-11-14-10-15(16(20)19-14)12-6-8-13(18)9-7-12/h6-10,14H,11H2,1-5H3,(H,19,20)/t14-/m1/s1. The lowest BCUT2D eigenvalue weighted by atomic mass is 10.1. The SMILES string of the molecule is CC(C)(C)[Si](C)(C)OC[C@H]1C=C(c2ccc(Cl)cc2)C(=O)N1. The molecule has 1 amide bonds. The Balaban J connectivity index is 2.06. The van der Waals surface area contributed by atoms with Gasteiger partial charge in [0.15, 0.2) is 8.32 Å². The zero-order valence-electron chi connectivity index (χ0n) is 13.9. The zero-order valence-corrected chi connectivity index (χ0v) is 15.6. The number of halogens is 1. The summed E-state index contributed by atoms with van der Waals surface area (Å²) in [5, 5.41) is 3.81. The highest BCUT2D eigenvalue weighted by Crippen LogP contribution is 2.36. The molecule has 0 aromatic heterocycles. The number of rotatable bonds is 4. The molecular formula is C17H24ClNO2Si. The van der Waals surface area contributed by atoms with Crippen LogP contribution in [0.25, 0.3) is 5.57 Å². The highest BCUT2D eigenvalue weighted by molar-refractivity contribution is 6.74. The van der Waals surface area contributed by atoms with Gasteiger partial charge in [-0.15, -0.1) is 0 Å². The summed E-state index contributed by atoms with van der Waals surface area (Å²) in [6.07, 6.45) is 1.96. The molecule has 1 aliphatic rings. The van der Waals surface area contributed by atoms with Crippen LogP contribution in [0.15, 0.2) is 30.3 Å². The number of benzene rings is 1. The lowest BCUT2D eigenvalue weighted by Gasteiger charge is -2.36. The molecule has 0 fully saturated rings. The summed E-state index contributed by atoms with van der Waals surface area (Å²) >= 11 is 5.89. The summed E-state index contributed by atoms with van der Waals surface area (Å²) in [6.45, 7) is 11.6. The molecule has 22 heavy (non-hydrogen) atoms. The second-order valence-electron chi connectivity index (χ2n) is 7.24. The topological polar surface area (TPSA) is 38.3 Å². The van der Waals surface area contributed by atoms with Crippen LogP contribution >= 0.6 is 11.6 Å². The van der Waals surface area contributed by atoms with Crippen LogP contribution < -0.4 is 5.32 Å². The molecule has 0 spiro atoms. The highest BCUT2D eigenvalue weighted by Gasteiger charge is 2.38. The van der Waals surface area contributed by atoms with E-state index in [0.29, 0.717) is 17.2 Å². The van der Waals surface area contributed by atoms with E-state index in [9.17, 15) is 4.79 Å². The Morgan fingerprint density at radius 2 is 1.82 bits per heavy atom. The predicted octanol–water partition coefficient (Wildman–Crippen LogP) is 4.24. The van der Waals surface area contributed by atoms with Gasteiger partial charge in [-0.3, -0.25) is 4.79 Å². The fourth-order valence-corrected chi connectivity index (χ4v) is 3.18. The van der Waals surface area contributed by atoms with E-state index in [0.717, 1.165) is 5.56 Å². The largest absolute Gasteiger partial charge is 0.414 e. The molecular weight excluding hydrogens is 314 g/mol. The van der Waals surface area contributed by atoms with Gasteiger partial charge in [0, 0.05) is 10.6 Å². The van der Waals surface area contributed by atoms with Crippen LogP contribution in [0.3, 0.4) is 0 Å². The maximum Gasteiger partial charge on any atom is 0.252 e. The van der Waals surface area contributed by atoms with Crippen molar-refractivity contribution in [2.45, 2.75) is 44.9 Å². The van der Waals surface area contributed by atoms with Crippen molar-refractivity contribution in [1.82, 2.24) is 5.32 Å². The molecule has 1 heterocycles. The first-order valence-electron chi connectivity index (χ1n) is 7.53. The molecule has 1 atom stereocenters. The minimum absolute atomic E-state index is 0.0499. The Kier molecular flexibility index (Phi) is 4.85. The lowest BCUT2D eigenvalue weighted by Crippen LogP contribution is -2.44. The molecule has 0 saturated carbocycles. The predicted molar refractivity (Wildman–Crippen MR) is 94.5 cm³/mol. The molecule has 0 radical (unpaired) electrons. The molecule has 120 valence electrons. The first-order valence-corrected chi connectivity index (χ1v) is 10.8. The Hall–Kier alpha value is -1.10. The van der Waals surface area contributed by atoms with Gasteiger partial charge in [0.25, 0.3) is 5.91 Å². The number of nitrogens with one attached hydrogen (secondary N) is 1. The van der Waals surface area contributed by atoms with Crippen molar-refractivity contribution in [2.75, 3.05) is 6.61 Å². The molecule has 0 unspecified atom stereocenters. The fraction of sp³-hybridized carbons (Fsp3) is 0.471. The van der Waals surface area contributed by atoms with E-state index >= 15 is 0 Å². The van der Waals surface area contributed by atoms with Crippen molar-refractivity contribution in [2.24, 2.45) is 0 Å². The minimum Gasteiger partial charge on any atom is -0.414 e. The lowest BCUT2D eigenvalue weighted by molar-refractivity contribution is -0.115. The third-order valence-electron chi connectivity index (χ3n) is 4.51. The van der Waals surface area contributed by atoms with Gasteiger partial charge in [-0.2, -0.15) is 0 Å². The monoisotopic (exact) mass is 337 g/mol. The van der Waals surface area contributed by atoms with Gasteiger partial charge >= 0.3 is 0 Å².